The quantitative estimate of drug-likeness (QED) is 0.704. The van der Waals surface area contributed by atoms with Crippen LogP contribution in [0.4, 0.5) is 5.69 Å². The first-order valence-corrected chi connectivity index (χ1v) is 8.25. The Morgan fingerprint density at radius 3 is 2.16 bits per heavy atom. The molecule has 0 unspecified atom stereocenters. The van der Waals surface area contributed by atoms with E-state index in [0.29, 0.717) is 13.1 Å². The second kappa shape index (κ2) is 7.85. The van der Waals surface area contributed by atoms with Crippen LogP contribution in [-0.2, 0) is 17.9 Å². The number of hydrogen-bond donors (Lipinski definition) is 1. The highest BCUT2D eigenvalue weighted by Gasteiger charge is 2.15. The Balaban J connectivity index is 1.68. The second-order valence-corrected chi connectivity index (χ2v) is 6.10. The Bertz CT molecular complexity index is 771. The molecule has 3 aromatic rings. The summed E-state index contributed by atoms with van der Waals surface area (Å²) < 4.78 is 10.8. The largest absolute Gasteiger partial charge is 0.468 e. The Hall–Kier alpha value is -2.79. The molecule has 0 saturated carbocycles. The summed E-state index contributed by atoms with van der Waals surface area (Å²) in [6.07, 6.45) is 3.27. The molecular weight excluding hydrogens is 316 g/mol. The van der Waals surface area contributed by atoms with Crippen LogP contribution in [0.5, 0.6) is 0 Å². The maximum absolute atomic E-state index is 12.5. The topological polar surface area (TPSA) is 58.6 Å². The molecule has 2 aromatic heterocycles. The first-order valence-electron chi connectivity index (χ1n) is 8.25. The summed E-state index contributed by atoms with van der Waals surface area (Å²) in [5.41, 5.74) is 3.08. The van der Waals surface area contributed by atoms with E-state index in [4.69, 9.17) is 8.83 Å². The van der Waals surface area contributed by atoms with Crippen LogP contribution in [0.3, 0.4) is 0 Å². The zero-order chi connectivity index (χ0) is 17.6. The second-order valence-electron chi connectivity index (χ2n) is 6.10. The molecule has 3 rings (SSSR count). The van der Waals surface area contributed by atoms with Crippen molar-refractivity contribution in [3.05, 3.63) is 77.6 Å². The van der Waals surface area contributed by atoms with E-state index < -0.39 is 0 Å². The molecule has 0 aliphatic rings. The number of carbonyl (C=O) groups is 1. The summed E-state index contributed by atoms with van der Waals surface area (Å²) in [7, 11) is 0. The molecule has 5 nitrogen and oxygen atoms in total. The summed E-state index contributed by atoms with van der Waals surface area (Å²) >= 11 is 0. The molecule has 0 radical (unpaired) electrons. The number of hydrogen-bond acceptors (Lipinski definition) is 4. The summed E-state index contributed by atoms with van der Waals surface area (Å²) in [5, 5.41) is 3.00. The SMILES string of the molecule is Cc1cccc(NC(=O)CN(Cc2ccco2)Cc2ccco2)c1C. The van der Waals surface area contributed by atoms with Gasteiger partial charge in [-0.25, -0.2) is 0 Å². The number of anilines is 1. The van der Waals surface area contributed by atoms with Crippen molar-refractivity contribution in [1.82, 2.24) is 4.90 Å². The number of nitrogens with zero attached hydrogens (tertiary/aromatic N) is 1. The first kappa shape index (κ1) is 17.0. The molecule has 0 spiro atoms. The number of benzene rings is 1. The molecule has 130 valence electrons. The van der Waals surface area contributed by atoms with E-state index in [1.54, 1.807) is 12.5 Å². The van der Waals surface area contributed by atoms with Crippen molar-refractivity contribution in [2.75, 3.05) is 11.9 Å². The van der Waals surface area contributed by atoms with Gasteiger partial charge in [0.05, 0.1) is 32.2 Å². The van der Waals surface area contributed by atoms with Gasteiger partial charge in [-0.05, 0) is 55.3 Å². The molecule has 5 heteroatoms. The van der Waals surface area contributed by atoms with Gasteiger partial charge in [-0.3, -0.25) is 9.69 Å². The van der Waals surface area contributed by atoms with Gasteiger partial charge in [-0.15, -0.1) is 0 Å². The van der Waals surface area contributed by atoms with E-state index in [-0.39, 0.29) is 12.5 Å². The van der Waals surface area contributed by atoms with E-state index in [1.165, 1.54) is 0 Å². The minimum absolute atomic E-state index is 0.0631. The monoisotopic (exact) mass is 338 g/mol. The molecule has 25 heavy (non-hydrogen) atoms. The first-order chi connectivity index (χ1) is 12.1. The number of carbonyl (C=O) groups excluding carboxylic acids is 1. The van der Waals surface area contributed by atoms with Crippen LogP contribution in [0, 0.1) is 13.8 Å². The summed E-state index contributed by atoms with van der Waals surface area (Å²) in [6.45, 7) is 5.36. The Morgan fingerprint density at radius 2 is 1.60 bits per heavy atom. The molecule has 2 heterocycles. The van der Waals surface area contributed by atoms with Crippen LogP contribution in [0.15, 0.2) is 63.8 Å². The van der Waals surface area contributed by atoms with Crippen molar-refractivity contribution in [2.45, 2.75) is 26.9 Å². The van der Waals surface area contributed by atoms with Crippen molar-refractivity contribution in [3.63, 3.8) is 0 Å². The van der Waals surface area contributed by atoms with Crippen LogP contribution >= 0.6 is 0 Å². The van der Waals surface area contributed by atoms with Crippen molar-refractivity contribution in [2.24, 2.45) is 0 Å². The minimum atomic E-state index is -0.0631. The van der Waals surface area contributed by atoms with E-state index in [0.717, 1.165) is 28.3 Å². The highest BCUT2D eigenvalue weighted by atomic mass is 16.3. The number of aryl methyl sites for hydroxylation is 1. The molecule has 1 amide bonds. The van der Waals surface area contributed by atoms with E-state index in [1.807, 2.05) is 61.2 Å². The zero-order valence-electron chi connectivity index (χ0n) is 14.5. The minimum Gasteiger partial charge on any atom is -0.468 e. The molecule has 1 aromatic carbocycles. The van der Waals surface area contributed by atoms with Gasteiger partial charge < -0.3 is 14.2 Å². The van der Waals surface area contributed by atoms with E-state index >= 15 is 0 Å². The molecule has 1 N–H and O–H groups in total. The van der Waals surface area contributed by atoms with Crippen LogP contribution in [0.1, 0.15) is 22.6 Å². The number of furan rings is 2. The summed E-state index contributed by atoms with van der Waals surface area (Å²) in [6, 6.07) is 13.4. The van der Waals surface area contributed by atoms with Gasteiger partial charge in [-0.2, -0.15) is 0 Å². The van der Waals surface area contributed by atoms with Gasteiger partial charge in [0.15, 0.2) is 0 Å². The molecular formula is C20H22N2O3. The number of amides is 1. The molecule has 0 atom stereocenters. The predicted octanol–water partition coefficient (Wildman–Crippen LogP) is 4.13. The Kier molecular flexibility index (Phi) is 5.36. The molecule has 0 fully saturated rings. The van der Waals surface area contributed by atoms with Crippen molar-refractivity contribution < 1.29 is 13.6 Å². The highest BCUT2D eigenvalue weighted by molar-refractivity contribution is 5.93. The zero-order valence-corrected chi connectivity index (χ0v) is 14.5. The maximum atomic E-state index is 12.5. The summed E-state index contributed by atoms with van der Waals surface area (Å²) in [4.78, 5) is 14.5. The van der Waals surface area contributed by atoms with Crippen LogP contribution < -0.4 is 5.32 Å². The van der Waals surface area contributed by atoms with Crippen LogP contribution in [0.25, 0.3) is 0 Å². The molecule has 0 bridgehead atoms. The lowest BCUT2D eigenvalue weighted by Crippen LogP contribution is -2.32. The number of rotatable bonds is 7. The van der Waals surface area contributed by atoms with Gasteiger partial charge in [0, 0.05) is 5.69 Å². The van der Waals surface area contributed by atoms with Gasteiger partial charge in [0.2, 0.25) is 5.91 Å². The highest BCUT2D eigenvalue weighted by Crippen LogP contribution is 2.18. The lowest BCUT2D eigenvalue weighted by atomic mass is 10.1. The van der Waals surface area contributed by atoms with Crippen LogP contribution in [-0.4, -0.2) is 17.4 Å². The van der Waals surface area contributed by atoms with E-state index in [2.05, 4.69) is 5.32 Å². The third-order valence-corrected chi connectivity index (χ3v) is 4.17. The van der Waals surface area contributed by atoms with E-state index in [9.17, 15) is 4.79 Å². The van der Waals surface area contributed by atoms with Gasteiger partial charge in [-0.1, -0.05) is 12.1 Å². The summed E-state index contributed by atoms with van der Waals surface area (Å²) in [5.74, 6) is 1.56. The molecule has 0 aliphatic carbocycles. The maximum Gasteiger partial charge on any atom is 0.238 e. The van der Waals surface area contributed by atoms with Gasteiger partial charge in [0.25, 0.3) is 0 Å². The van der Waals surface area contributed by atoms with Crippen molar-refractivity contribution in [3.8, 4) is 0 Å². The third kappa shape index (κ3) is 4.61. The predicted molar refractivity (Wildman–Crippen MR) is 96.1 cm³/mol. The fourth-order valence-corrected chi connectivity index (χ4v) is 2.69. The Labute approximate surface area is 147 Å². The Morgan fingerprint density at radius 1 is 0.960 bits per heavy atom. The normalized spacial score (nSPS) is 11.0. The molecule has 0 aliphatic heterocycles. The fraction of sp³-hybridized carbons (Fsp3) is 0.250. The van der Waals surface area contributed by atoms with Crippen LogP contribution in [0.2, 0.25) is 0 Å². The average Bonchev–Trinajstić information content (AvgIpc) is 3.26. The smallest absolute Gasteiger partial charge is 0.238 e. The van der Waals surface area contributed by atoms with Crippen molar-refractivity contribution >= 4 is 11.6 Å². The number of nitrogens with one attached hydrogen (secondary N) is 1. The van der Waals surface area contributed by atoms with Gasteiger partial charge in [0.1, 0.15) is 11.5 Å². The fourth-order valence-electron chi connectivity index (χ4n) is 2.69. The third-order valence-electron chi connectivity index (χ3n) is 4.17. The molecule has 0 saturated heterocycles. The standard InChI is InChI=1S/C20H22N2O3/c1-15-6-3-9-19(16(15)2)21-20(23)14-22(12-17-7-4-10-24-17)13-18-8-5-11-25-18/h3-11H,12-14H2,1-2H3,(H,21,23). The average molecular weight is 338 g/mol. The van der Waals surface area contributed by atoms with Crippen molar-refractivity contribution in [1.29, 1.82) is 0 Å². The van der Waals surface area contributed by atoms with Gasteiger partial charge >= 0.3 is 0 Å². The lowest BCUT2D eigenvalue weighted by Gasteiger charge is -2.20. The lowest BCUT2D eigenvalue weighted by molar-refractivity contribution is -0.117.